The molecule has 0 saturated carbocycles. The summed E-state index contributed by atoms with van der Waals surface area (Å²) < 4.78 is 5.41. The Morgan fingerprint density at radius 2 is 1.59 bits per heavy atom. The first kappa shape index (κ1) is 12.5. The first-order valence-corrected chi connectivity index (χ1v) is 5.50. The molecule has 1 saturated heterocycles. The fraction of sp³-hybridized carbons (Fsp3) is 0.500. The maximum atomic E-state index is 9.86. The van der Waals surface area contributed by atoms with Gasteiger partial charge in [-0.1, -0.05) is 30.3 Å². The van der Waals surface area contributed by atoms with Gasteiger partial charge in [0.05, 0.1) is 6.61 Å². The van der Waals surface area contributed by atoms with E-state index < -0.39 is 37.1 Å². The molecule has 94 valence electrons. The highest BCUT2D eigenvalue weighted by Crippen LogP contribution is 2.31. The molecule has 2 rings (SSSR count). The Kier molecular flexibility index (Phi) is 3.76. The Balaban J connectivity index is 2.23. The summed E-state index contributed by atoms with van der Waals surface area (Å²) in [5.41, 5.74) is 0.699. The number of aliphatic hydroxyl groups is 4. The summed E-state index contributed by atoms with van der Waals surface area (Å²) >= 11 is 0. The van der Waals surface area contributed by atoms with E-state index in [1.54, 1.807) is 24.3 Å². The Hall–Kier alpha value is -0.980. The summed E-state index contributed by atoms with van der Waals surface area (Å²) in [6.45, 7) is -0.408. The van der Waals surface area contributed by atoms with Gasteiger partial charge in [-0.2, -0.15) is 0 Å². The number of hydrogen-bond acceptors (Lipinski definition) is 5. The predicted molar refractivity (Wildman–Crippen MR) is 59.2 cm³/mol. The van der Waals surface area contributed by atoms with Crippen molar-refractivity contribution in [1.82, 2.24) is 0 Å². The highest BCUT2D eigenvalue weighted by molar-refractivity contribution is 5.20. The van der Waals surface area contributed by atoms with Crippen molar-refractivity contribution >= 4 is 0 Å². The van der Waals surface area contributed by atoms with E-state index in [4.69, 9.17) is 9.84 Å². The highest BCUT2D eigenvalue weighted by Gasteiger charge is 2.43. The van der Waals surface area contributed by atoms with Gasteiger partial charge in [-0.05, 0) is 5.56 Å². The second-order valence-corrected chi connectivity index (χ2v) is 4.16. The molecule has 0 bridgehead atoms. The van der Waals surface area contributed by atoms with E-state index in [9.17, 15) is 15.3 Å². The van der Waals surface area contributed by atoms with E-state index in [-0.39, 0.29) is 0 Å². The van der Waals surface area contributed by atoms with E-state index in [0.29, 0.717) is 5.56 Å². The van der Waals surface area contributed by atoms with E-state index in [1.807, 2.05) is 6.07 Å². The lowest BCUT2D eigenvalue weighted by atomic mass is 9.91. The standard InChI is InChI=1S/C12H16O5/c13-6-8-9(14)10(15)11(16)12(17-8)7-4-2-1-3-5-7/h1-5,8-16H,6H2. The molecule has 1 aromatic carbocycles. The minimum absolute atomic E-state index is 0.408. The monoisotopic (exact) mass is 240 g/mol. The molecular weight excluding hydrogens is 224 g/mol. The van der Waals surface area contributed by atoms with E-state index in [1.165, 1.54) is 0 Å². The van der Waals surface area contributed by atoms with Crippen LogP contribution in [0.5, 0.6) is 0 Å². The Morgan fingerprint density at radius 3 is 2.18 bits per heavy atom. The lowest BCUT2D eigenvalue weighted by Crippen LogP contribution is -2.55. The Bertz CT molecular complexity index is 353. The van der Waals surface area contributed by atoms with Crippen LogP contribution in [0, 0.1) is 0 Å². The predicted octanol–water partition coefficient (Wildman–Crippen LogP) is -0.799. The lowest BCUT2D eigenvalue weighted by Gasteiger charge is -2.40. The lowest BCUT2D eigenvalue weighted by molar-refractivity contribution is -0.231. The first-order chi connectivity index (χ1) is 8.15. The summed E-state index contributed by atoms with van der Waals surface area (Å²) in [5.74, 6) is 0. The fourth-order valence-corrected chi connectivity index (χ4v) is 2.02. The third kappa shape index (κ3) is 2.34. The van der Waals surface area contributed by atoms with Gasteiger partial charge in [-0.3, -0.25) is 0 Å². The van der Waals surface area contributed by atoms with Crippen LogP contribution in [0.2, 0.25) is 0 Å². The normalized spacial score (nSPS) is 38.0. The number of aliphatic hydroxyl groups excluding tert-OH is 4. The molecule has 0 amide bonds. The molecule has 4 N–H and O–H groups in total. The zero-order valence-electron chi connectivity index (χ0n) is 9.18. The summed E-state index contributed by atoms with van der Waals surface area (Å²) in [6, 6.07) is 8.92. The number of benzene rings is 1. The van der Waals surface area contributed by atoms with Crippen LogP contribution < -0.4 is 0 Å². The van der Waals surface area contributed by atoms with Crippen LogP contribution in [0.3, 0.4) is 0 Å². The van der Waals surface area contributed by atoms with Gasteiger partial charge in [0.25, 0.3) is 0 Å². The van der Waals surface area contributed by atoms with Crippen molar-refractivity contribution in [2.24, 2.45) is 0 Å². The summed E-state index contributed by atoms with van der Waals surface area (Å²) in [4.78, 5) is 0. The Labute approximate surface area is 98.9 Å². The topological polar surface area (TPSA) is 90.2 Å². The molecule has 5 nitrogen and oxygen atoms in total. The van der Waals surface area contributed by atoms with Gasteiger partial charge < -0.3 is 25.2 Å². The zero-order chi connectivity index (χ0) is 12.4. The van der Waals surface area contributed by atoms with Crippen molar-refractivity contribution < 1.29 is 25.2 Å². The molecule has 5 atom stereocenters. The summed E-state index contributed by atoms with van der Waals surface area (Å²) in [6.07, 6.45) is -5.46. The van der Waals surface area contributed by atoms with Gasteiger partial charge in [0.15, 0.2) is 0 Å². The number of rotatable bonds is 2. The second kappa shape index (κ2) is 5.12. The van der Waals surface area contributed by atoms with Crippen molar-refractivity contribution in [3.8, 4) is 0 Å². The van der Waals surface area contributed by atoms with Crippen molar-refractivity contribution in [3.63, 3.8) is 0 Å². The SMILES string of the molecule is OCC1OC(c2ccccc2)C(O)C(O)C1O. The van der Waals surface area contributed by atoms with E-state index in [2.05, 4.69) is 0 Å². The quantitative estimate of drug-likeness (QED) is 0.543. The molecule has 1 fully saturated rings. The van der Waals surface area contributed by atoms with Crippen LogP contribution >= 0.6 is 0 Å². The minimum Gasteiger partial charge on any atom is -0.394 e. The summed E-state index contributed by atoms with van der Waals surface area (Å²) in [7, 11) is 0. The molecule has 1 aliphatic rings. The van der Waals surface area contributed by atoms with E-state index >= 15 is 0 Å². The molecule has 0 radical (unpaired) electrons. The molecule has 0 aliphatic carbocycles. The van der Waals surface area contributed by atoms with Crippen molar-refractivity contribution in [3.05, 3.63) is 35.9 Å². The zero-order valence-corrected chi connectivity index (χ0v) is 9.18. The van der Waals surface area contributed by atoms with Gasteiger partial charge in [-0.15, -0.1) is 0 Å². The minimum atomic E-state index is -1.33. The maximum absolute atomic E-state index is 9.86. The molecule has 17 heavy (non-hydrogen) atoms. The van der Waals surface area contributed by atoms with Crippen LogP contribution in [-0.2, 0) is 4.74 Å². The van der Waals surface area contributed by atoms with Crippen LogP contribution in [0.4, 0.5) is 0 Å². The van der Waals surface area contributed by atoms with E-state index in [0.717, 1.165) is 0 Å². The molecule has 0 aromatic heterocycles. The number of hydrogen-bond donors (Lipinski definition) is 4. The Morgan fingerprint density at radius 1 is 0.941 bits per heavy atom. The molecule has 1 aliphatic heterocycles. The highest BCUT2D eigenvalue weighted by atomic mass is 16.5. The molecule has 1 heterocycles. The number of ether oxygens (including phenoxy) is 1. The van der Waals surface area contributed by atoms with Gasteiger partial charge >= 0.3 is 0 Å². The third-order valence-corrected chi connectivity index (χ3v) is 3.02. The molecular formula is C12H16O5. The van der Waals surface area contributed by atoms with Crippen molar-refractivity contribution in [2.75, 3.05) is 6.61 Å². The molecule has 5 unspecified atom stereocenters. The molecule has 0 spiro atoms. The maximum Gasteiger partial charge on any atom is 0.113 e. The van der Waals surface area contributed by atoms with Crippen molar-refractivity contribution in [2.45, 2.75) is 30.5 Å². The van der Waals surface area contributed by atoms with Gasteiger partial charge in [0.1, 0.15) is 30.5 Å². The smallest absolute Gasteiger partial charge is 0.113 e. The van der Waals surface area contributed by atoms with Gasteiger partial charge in [0, 0.05) is 0 Å². The van der Waals surface area contributed by atoms with Crippen LogP contribution in [0.25, 0.3) is 0 Å². The third-order valence-electron chi connectivity index (χ3n) is 3.02. The average Bonchev–Trinajstić information content (AvgIpc) is 2.37. The van der Waals surface area contributed by atoms with Gasteiger partial charge in [-0.25, -0.2) is 0 Å². The second-order valence-electron chi connectivity index (χ2n) is 4.16. The van der Waals surface area contributed by atoms with Crippen LogP contribution in [0.1, 0.15) is 11.7 Å². The van der Waals surface area contributed by atoms with Gasteiger partial charge in [0.2, 0.25) is 0 Å². The average molecular weight is 240 g/mol. The first-order valence-electron chi connectivity index (χ1n) is 5.50. The fourth-order valence-electron chi connectivity index (χ4n) is 2.02. The van der Waals surface area contributed by atoms with Crippen LogP contribution in [0.15, 0.2) is 30.3 Å². The molecule has 5 heteroatoms. The summed E-state index contributed by atoms with van der Waals surface area (Å²) in [5, 5.41) is 38.2. The van der Waals surface area contributed by atoms with Crippen LogP contribution in [-0.4, -0.2) is 51.4 Å². The largest absolute Gasteiger partial charge is 0.394 e. The molecule has 1 aromatic rings. The van der Waals surface area contributed by atoms with Crippen molar-refractivity contribution in [1.29, 1.82) is 0 Å².